The van der Waals surface area contributed by atoms with Gasteiger partial charge in [-0.15, -0.1) is 0 Å². The van der Waals surface area contributed by atoms with Crippen LogP contribution in [0.1, 0.15) is 43.6 Å². The molecule has 4 nitrogen and oxygen atoms in total. The van der Waals surface area contributed by atoms with Crippen molar-refractivity contribution in [1.29, 1.82) is 0 Å². The van der Waals surface area contributed by atoms with Crippen molar-refractivity contribution in [2.24, 2.45) is 0 Å². The molecule has 0 unspecified atom stereocenters. The molecule has 0 atom stereocenters. The Hall–Kier alpha value is -1.33. The van der Waals surface area contributed by atoms with Gasteiger partial charge < -0.3 is 14.0 Å². The minimum atomic E-state index is -0.561. The number of carbonyl (C=O) groups is 1. The smallest absolute Gasteiger partial charge is 0.465 e. The Morgan fingerprint density at radius 3 is 2.20 bits per heavy atom. The summed E-state index contributed by atoms with van der Waals surface area (Å²) in [5.74, 6) is -0.368. The van der Waals surface area contributed by atoms with Gasteiger partial charge in [0.2, 0.25) is 0 Å². The van der Waals surface area contributed by atoms with Crippen LogP contribution in [0.15, 0.2) is 18.2 Å². The molecule has 1 heterocycles. The lowest BCUT2D eigenvalue weighted by Crippen LogP contribution is -2.41. The highest BCUT2D eigenvalue weighted by atomic mass is 16.7. The molecule has 1 aliphatic heterocycles. The Balaban J connectivity index is 2.46. The second-order valence-corrected chi connectivity index (χ2v) is 6.12. The summed E-state index contributed by atoms with van der Waals surface area (Å²) in [6, 6.07) is 5.62. The number of hydrogen-bond acceptors (Lipinski definition) is 4. The van der Waals surface area contributed by atoms with E-state index >= 15 is 0 Å². The van der Waals surface area contributed by atoms with Crippen LogP contribution in [-0.2, 0) is 14.0 Å². The van der Waals surface area contributed by atoms with Gasteiger partial charge in [0.25, 0.3) is 0 Å². The first-order valence-electron chi connectivity index (χ1n) is 6.73. The van der Waals surface area contributed by atoms with Crippen molar-refractivity contribution in [3.05, 3.63) is 29.3 Å². The summed E-state index contributed by atoms with van der Waals surface area (Å²) in [6.07, 6.45) is 0. The molecule has 1 aliphatic rings. The van der Waals surface area contributed by atoms with E-state index in [9.17, 15) is 4.79 Å². The van der Waals surface area contributed by atoms with Gasteiger partial charge in [0, 0.05) is 0 Å². The van der Waals surface area contributed by atoms with Crippen molar-refractivity contribution >= 4 is 18.6 Å². The van der Waals surface area contributed by atoms with E-state index in [1.165, 1.54) is 7.11 Å². The maximum atomic E-state index is 12.0. The third-order valence-corrected chi connectivity index (χ3v) is 4.20. The van der Waals surface area contributed by atoms with Crippen LogP contribution in [0.3, 0.4) is 0 Å². The van der Waals surface area contributed by atoms with Gasteiger partial charge in [-0.25, -0.2) is 4.79 Å². The average molecular weight is 276 g/mol. The number of methoxy groups -OCH3 is 1. The van der Waals surface area contributed by atoms with Gasteiger partial charge in [0.1, 0.15) is 0 Å². The van der Waals surface area contributed by atoms with Gasteiger partial charge >= 0.3 is 13.1 Å². The third kappa shape index (κ3) is 2.36. The zero-order valence-electron chi connectivity index (χ0n) is 12.9. The lowest BCUT2D eigenvalue weighted by Gasteiger charge is -2.32. The maximum absolute atomic E-state index is 12.0. The Labute approximate surface area is 120 Å². The van der Waals surface area contributed by atoms with E-state index in [-0.39, 0.29) is 5.97 Å². The summed E-state index contributed by atoms with van der Waals surface area (Å²) >= 11 is 0. The molecule has 1 saturated heterocycles. The van der Waals surface area contributed by atoms with Crippen LogP contribution in [-0.4, -0.2) is 31.4 Å². The van der Waals surface area contributed by atoms with Crippen molar-refractivity contribution in [2.45, 2.75) is 45.8 Å². The molecule has 0 N–H and O–H groups in total. The third-order valence-electron chi connectivity index (χ3n) is 4.20. The second-order valence-electron chi connectivity index (χ2n) is 6.12. The van der Waals surface area contributed by atoms with Crippen molar-refractivity contribution in [3.8, 4) is 0 Å². The Bertz CT molecular complexity index is 521. The number of hydrogen-bond donors (Lipinski definition) is 0. The van der Waals surface area contributed by atoms with Gasteiger partial charge in [0.15, 0.2) is 0 Å². The first-order chi connectivity index (χ1) is 9.19. The first-order valence-corrected chi connectivity index (χ1v) is 6.73. The number of ether oxygens (including phenoxy) is 1. The Morgan fingerprint density at radius 2 is 1.70 bits per heavy atom. The van der Waals surface area contributed by atoms with Gasteiger partial charge in [-0.2, -0.15) is 0 Å². The molecule has 0 aliphatic carbocycles. The van der Waals surface area contributed by atoms with E-state index < -0.39 is 18.3 Å². The lowest BCUT2D eigenvalue weighted by molar-refractivity contribution is 0.00578. The number of carbonyl (C=O) groups excluding carboxylic acids is 1. The van der Waals surface area contributed by atoms with Crippen LogP contribution < -0.4 is 5.46 Å². The normalized spacial score (nSPS) is 20.0. The van der Waals surface area contributed by atoms with Gasteiger partial charge in [-0.05, 0) is 45.6 Å². The minimum Gasteiger partial charge on any atom is -0.465 e. The van der Waals surface area contributed by atoms with E-state index in [4.69, 9.17) is 14.0 Å². The van der Waals surface area contributed by atoms with E-state index in [1.807, 2.05) is 52.8 Å². The van der Waals surface area contributed by atoms with Crippen molar-refractivity contribution in [3.63, 3.8) is 0 Å². The molecule has 1 aromatic rings. The molecule has 20 heavy (non-hydrogen) atoms. The van der Waals surface area contributed by atoms with Crippen LogP contribution in [0.2, 0.25) is 0 Å². The van der Waals surface area contributed by atoms with Crippen LogP contribution in [0.25, 0.3) is 0 Å². The zero-order chi connectivity index (χ0) is 15.1. The summed E-state index contributed by atoms with van der Waals surface area (Å²) in [6.45, 7) is 9.82. The summed E-state index contributed by atoms with van der Waals surface area (Å²) in [7, 11) is 0.817. The number of rotatable bonds is 2. The molecule has 0 aromatic heterocycles. The maximum Gasteiger partial charge on any atom is 0.495 e. The molecule has 5 heteroatoms. The van der Waals surface area contributed by atoms with E-state index in [2.05, 4.69) is 0 Å². The molecule has 0 saturated carbocycles. The van der Waals surface area contributed by atoms with E-state index in [1.54, 1.807) is 0 Å². The molecular formula is C15H21BO4. The largest absolute Gasteiger partial charge is 0.495 e. The highest BCUT2D eigenvalue weighted by molar-refractivity contribution is 6.63. The van der Waals surface area contributed by atoms with Gasteiger partial charge in [0.05, 0.1) is 23.9 Å². The fourth-order valence-corrected chi connectivity index (χ4v) is 2.24. The van der Waals surface area contributed by atoms with Gasteiger partial charge in [-0.3, -0.25) is 0 Å². The molecule has 0 amide bonds. The molecule has 108 valence electrons. The van der Waals surface area contributed by atoms with Crippen molar-refractivity contribution in [2.75, 3.05) is 7.11 Å². The molecule has 0 spiro atoms. The van der Waals surface area contributed by atoms with Crippen LogP contribution in [0.4, 0.5) is 0 Å². The van der Waals surface area contributed by atoms with Crippen LogP contribution in [0.5, 0.6) is 0 Å². The molecule has 0 radical (unpaired) electrons. The SMILES string of the molecule is COC(=O)c1c(C)cccc1B1OC(C)(C)C(C)(C)O1. The summed E-state index contributed by atoms with van der Waals surface area (Å²) < 4.78 is 16.9. The topological polar surface area (TPSA) is 44.8 Å². The minimum absolute atomic E-state index is 0.368. The summed E-state index contributed by atoms with van der Waals surface area (Å²) in [5.41, 5.74) is 1.22. The predicted octanol–water partition coefficient (Wildman–Crippen LogP) is 2.08. The van der Waals surface area contributed by atoms with Crippen molar-refractivity contribution < 1.29 is 18.8 Å². The molecule has 1 fully saturated rings. The van der Waals surface area contributed by atoms with Crippen LogP contribution in [0, 0.1) is 6.92 Å². The molecule has 2 rings (SSSR count). The Morgan fingerprint density at radius 1 is 1.15 bits per heavy atom. The molecule has 0 bridgehead atoms. The fourth-order valence-electron chi connectivity index (χ4n) is 2.24. The second kappa shape index (κ2) is 4.90. The number of esters is 1. The van der Waals surface area contributed by atoms with Gasteiger partial charge in [-0.1, -0.05) is 18.2 Å². The lowest BCUT2D eigenvalue weighted by atomic mass is 9.75. The molecular weight excluding hydrogens is 255 g/mol. The first kappa shape index (κ1) is 15.1. The van der Waals surface area contributed by atoms with Crippen molar-refractivity contribution in [1.82, 2.24) is 0 Å². The highest BCUT2D eigenvalue weighted by Crippen LogP contribution is 2.36. The highest BCUT2D eigenvalue weighted by Gasteiger charge is 2.52. The standard InChI is InChI=1S/C15H21BO4/c1-10-8-7-9-11(12(10)13(17)18-6)16-19-14(2,3)15(4,5)20-16/h7-9H,1-6H3. The average Bonchev–Trinajstić information content (AvgIpc) is 2.57. The monoisotopic (exact) mass is 276 g/mol. The Kier molecular flexibility index (Phi) is 3.69. The van der Waals surface area contributed by atoms with Crippen LogP contribution >= 0.6 is 0 Å². The number of aryl methyl sites for hydroxylation is 1. The fraction of sp³-hybridized carbons (Fsp3) is 0.533. The number of benzene rings is 1. The predicted molar refractivity (Wildman–Crippen MR) is 78.2 cm³/mol. The molecule has 1 aromatic carbocycles. The quantitative estimate of drug-likeness (QED) is 0.613. The van der Waals surface area contributed by atoms with E-state index in [0.29, 0.717) is 5.56 Å². The summed E-state index contributed by atoms with van der Waals surface area (Å²) in [4.78, 5) is 12.0. The zero-order valence-corrected chi connectivity index (χ0v) is 12.9. The van der Waals surface area contributed by atoms with E-state index in [0.717, 1.165) is 11.0 Å². The summed E-state index contributed by atoms with van der Waals surface area (Å²) in [5, 5.41) is 0.